The Morgan fingerprint density at radius 1 is 1.07 bits per heavy atom. The first-order valence-corrected chi connectivity index (χ1v) is 12.7. The molecule has 1 heterocycles. The van der Waals surface area contributed by atoms with E-state index in [2.05, 4.69) is 27.6 Å². The maximum absolute atomic E-state index is 12.6. The van der Waals surface area contributed by atoms with Crippen molar-refractivity contribution in [2.75, 3.05) is 39.3 Å². The van der Waals surface area contributed by atoms with E-state index in [0.717, 1.165) is 69.2 Å². The van der Waals surface area contributed by atoms with Gasteiger partial charge < -0.3 is 41.4 Å². The number of hydrogen-bond donors (Lipinski definition) is 7. The van der Waals surface area contributed by atoms with Gasteiger partial charge in [-0.25, -0.2) is 0 Å². The van der Waals surface area contributed by atoms with E-state index >= 15 is 0 Å². The smallest absolute Gasteiger partial charge is 0.250 e. The quantitative estimate of drug-likeness (QED) is 0.0918. The van der Waals surface area contributed by atoms with E-state index in [1.54, 1.807) is 13.8 Å². The molecule has 0 aromatic carbocycles. The lowest BCUT2D eigenvalue weighted by molar-refractivity contribution is -0.269. The van der Waals surface area contributed by atoms with Gasteiger partial charge in [-0.3, -0.25) is 4.79 Å². The number of hydrogen-bond acceptors (Lipinski definition) is 10. The van der Waals surface area contributed by atoms with E-state index in [4.69, 9.17) is 15.2 Å². The number of ether oxygens (including phenoxy) is 2. The molecule has 0 aromatic heterocycles. The first-order valence-electron chi connectivity index (χ1n) is 10.8. The number of aliphatic hydroxyl groups is 2. The Kier molecular flexibility index (Phi) is 15.4. The second kappa shape index (κ2) is 16.5. The van der Waals surface area contributed by atoms with Crippen molar-refractivity contribution in [3.8, 4) is 0 Å². The number of carbonyl (C=O) groups excluding carboxylic acids is 1. The summed E-state index contributed by atoms with van der Waals surface area (Å²) in [7, 11) is 0.995. The molecule has 5 unspecified atom stereocenters. The molecule has 9 nitrogen and oxygen atoms in total. The van der Waals surface area contributed by atoms with Crippen LogP contribution in [0, 0.1) is 0 Å². The monoisotopic (exact) mass is 468 g/mol. The molecule has 0 aromatic rings. The van der Waals surface area contributed by atoms with E-state index in [1.165, 1.54) is 0 Å². The fraction of sp³-hybridized carbons (Fsp3) is 0.947. The van der Waals surface area contributed by atoms with E-state index in [1.807, 2.05) is 0 Å². The molecular weight excluding hydrogens is 428 g/mol. The van der Waals surface area contributed by atoms with Crippen LogP contribution in [0.2, 0.25) is 0 Å². The van der Waals surface area contributed by atoms with Crippen molar-refractivity contribution in [1.29, 1.82) is 0 Å². The summed E-state index contributed by atoms with van der Waals surface area (Å²) < 4.78 is 11.2. The number of amides is 1. The highest BCUT2D eigenvalue weighted by atomic mass is 33.1. The normalized spacial score (nSPS) is 26.8. The minimum Gasteiger partial charge on any atom is -0.389 e. The topological polar surface area (TPSA) is 138 Å². The fourth-order valence-electron chi connectivity index (χ4n) is 3.05. The van der Waals surface area contributed by atoms with Crippen LogP contribution in [0.5, 0.6) is 0 Å². The SMILES string of the molecule is CC(C)OC1OC(C(=O)NCCCNCCCCNCCCN)C(SS)C(O)C1O. The first kappa shape index (κ1) is 27.9. The van der Waals surface area contributed by atoms with Gasteiger partial charge in [0.25, 0.3) is 5.91 Å². The molecular formula is C19H40N4O5S2. The van der Waals surface area contributed by atoms with Crippen molar-refractivity contribution in [2.24, 2.45) is 5.73 Å². The van der Waals surface area contributed by atoms with Crippen LogP contribution in [0.3, 0.4) is 0 Å². The van der Waals surface area contributed by atoms with Crippen molar-refractivity contribution in [3.05, 3.63) is 0 Å². The van der Waals surface area contributed by atoms with Crippen molar-refractivity contribution in [3.63, 3.8) is 0 Å². The predicted molar refractivity (Wildman–Crippen MR) is 124 cm³/mol. The molecule has 11 heteroatoms. The number of aliphatic hydroxyl groups excluding tert-OH is 2. The van der Waals surface area contributed by atoms with Crippen LogP contribution in [-0.4, -0.2) is 91.3 Å². The summed E-state index contributed by atoms with van der Waals surface area (Å²) in [6.07, 6.45) is -0.632. The van der Waals surface area contributed by atoms with Gasteiger partial charge in [0, 0.05) is 6.54 Å². The minimum absolute atomic E-state index is 0.214. The van der Waals surface area contributed by atoms with Gasteiger partial charge in [-0.05, 0) is 72.3 Å². The van der Waals surface area contributed by atoms with Gasteiger partial charge in [0.05, 0.1) is 11.4 Å². The molecule has 1 fully saturated rings. The van der Waals surface area contributed by atoms with Gasteiger partial charge in [0.2, 0.25) is 0 Å². The lowest BCUT2D eigenvalue weighted by Gasteiger charge is -2.41. The molecule has 5 atom stereocenters. The van der Waals surface area contributed by atoms with E-state index in [0.29, 0.717) is 6.54 Å². The van der Waals surface area contributed by atoms with Crippen LogP contribution in [0.1, 0.15) is 39.5 Å². The summed E-state index contributed by atoms with van der Waals surface area (Å²) in [5.74, 6) is -0.339. The predicted octanol–water partition coefficient (Wildman–Crippen LogP) is -0.381. The molecule has 1 saturated heterocycles. The maximum Gasteiger partial charge on any atom is 0.250 e. The van der Waals surface area contributed by atoms with Gasteiger partial charge in [-0.15, -0.1) is 11.7 Å². The van der Waals surface area contributed by atoms with Crippen LogP contribution >= 0.6 is 22.5 Å². The van der Waals surface area contributed by atoms with Crippen molar-refractivity contribution in [2.45, 2.75) is 75.5 Å². The number of rotatable bonds is 16. The number of nitrogens with two attached hydrogens (primary N) is 1. The Morgan fingerprint density at radius 2 is 1.67 bits per heavy atom. The van der Waals surface area contributed by atoms with Crippen molar-refractivity contribution in [1.82, 2.24) is 16.0 Å². The Balaban J connectivity index is 2.23. The molecule has 1 aliphatic heterocycles. The second-order valence-corrected chi connectivity index (χ2v) is 9.04. The van der Waals surface area contributed by atoms with Crippen molar-refractivity contribution >= 4 is 28.4 Å². The van der Waals surface area contributed by atoms with Crippen LogP contribution in [0.25, 0.3) is 0 Å². The fourth-order valence-corrected chi connectivity index (χ4v) is 4.34. The first-order chi connectivity index (χ1) is 14.4. The highest BCUT2D eigenvalue weighted by molar-refractivity contribution is 8.68. The van der Waals surface area contributed by atoms with Crippen molar-refractivity contribution < 1.29 is 24.5 Å². The average Bonchev–Trinajstić information content (AvgIpc) is 2.71. The van der Waals surface area contributed by atoms with Crippen LogP contribution in [-0.2, 0) is 14.3 Å². The van der Waals surface area contributed by atoms with Crippen LogP contribution in [0.4, 0.5) is 0 Å². The second-order valence-electron chi connectivity index (χ2n) is 7.66. The maximum atomic E-state index is 12.6. The number of thiol groups is 1. The third kappa shape index (κ3) is 10.5. The highest BCUT2D eigenvalue weighted by Crippen LogP contribution is 2.33. The highest BCUT2D eigenvalue weighted by Gasteiger charge is 2.48. The Bertz CT molecular complexity index is 465. The Hall–Kier alpha value is -0.110. The summed E-state index contributed by atoms with van der Waals surface area (Å²) in [5, 5.41) is 29.4. The number of carbonyl (C=O) groups is 1. The molecule has 178 valence electrons. The lowest BCUT2D eigenvalue weighted by Crippen LogP contribution is -2.61. The van der Waals surface area contributed by atoms with E-state index in [-0.39, 0.29) is 12.0 Å². The molecule has 1 aliphatic rings. The molecule has 0 bridgehead atoms. The van der Waals surface area contributed by atoms with Gasteiger partial charge in [-0.1, -0.05) is 10.8 Å². The zero-order valence-corrected chi connectivity index (χ0v) is 19.8. The van der Waals surface area contributed by atoms with Gasteiger partial charge >= 0.3 is 0 Å². The summed E-state index contributed by atoms with van der Waals surface area (Å²) in [4.78, 5) is 12.6. The van der Waals surface area contributed by atoms with Gasteiger partial charge in [0.1, 0.15) is 12.2 Å². The molecule has 7 N–H and O–H groups in total. The standard InChI is InChI=1S/C19H40N4O5S2/c1-13(2)27-19-15(25)14(24)17(30-29)16(28-19)18(26)23-12-6-11-22-9-4-3-8-21-10-5-7-20/h13-17,19,21-22,24-25,29H,3-12,20H2,1-2H3,(H,23,26). The molecule has 0 spiro atoms. The molecule has 0 saturated carbocycles. The third-order valence-electron chi connectivity index (χ3n) is 4.68. The van der Waals surface area contributed by atoms with Crippen LogP contribution in [0.15, 0.2) is 0 Å². The zero-order valence-electron chi connectivity index (χ0n) is 18.1. The summed E-state index contributed by atoms with van der Waals surface area (Å²) in [5.41, 5.74) is 5.44. The molecule has 0 aliphatic carbocycles. The number of nitrogens with one attached hydrogen (secondary N) is 3. The molecule has 1 rings (SSSR count). The molecule has 0 radical (unpaired) electrons. The zero-order chi connectivity index (χ0) is 22.4. The van der Waals surface area contributed by atoms with E-state index < -0.39 is 29.9 Å². The van der Waals surface area contributed by atoms with Gasteiger partial charge in [0.15, 0.2) is 12.4 Å². The lowest BCUT2D eigenvalue weighted by atomic mass is 10.0. The average molecular weight is 469 g/mol. The molecule has 1 amide bonds. The van der Waals surface area contributed by atoms with E-state index in [9.17, 15) is 15.0 Å². The summed E-state index contributed by atoms with van der Waals surface area (Å²) >= 11 is 4.13. The molecule has 30 heavy (non-hydrogen) atoms. The Labute approximate surface area is 189 Å². The van der Waals surface area contributed by atoms with Crippen LogP contribution < -0.4 is 21.7 Å². The third-order valence-corrected chi connectivity index (χ3v) is 6.18. The summed E-state index contributed by atoms with van der Waals surface area (Å²) in [6, 6.07) is 0. The van der Waals surface area contributed by atoms with Gasteiger partial charge in [-0.2, -0.15) is 0 Å². The minimum atomic E-state index is -1.24. The number of unbranched alkanes of at least 4 members (excludes halogenated alkanes) is 1. The largest absolute Gasteiger partial charge is 0.389 e. The summed E-state index contributed by atoms with van der Waals surface area (Å²) in [6.45, 7) is 8.52. The Morgan fingerprint density at radius 3 is 2.23 bits per heavy atom.